The van der Waals surface area contributed by atoms with Crippen LogP contribution in [0, 0.1) is 0 Å². The van der Waals surface area contributed by atoms with Crippen molar-refractivity contribution in [2.45, 2.75) is 59.2 Å². The van der Waals surface area contributed by atoms with E-state index in [2.05, 4.69) is 15.9 Å². The molecule has 0 aromatic heterocycles. The molecule has 4 heteroatoms. The predicted molar refractivity (Wildman–Crippen MR) is 85.7 cm³/mol. The van der Waals surface area contributed by atoms with E-state index in [-0.39, 0.29) is 11.6 Å². The van der Waals surface area contributed by atoms with Crippen LogP contribution in [0.1, 0.15) is 47.1 Å². The fraction of sp³-hybridized carbons (Fsp3) is 0.562. The van der Waals surface area contributed by atoms with Crippen LogP contribution >= 0.6 is 15.9 Å². The number of carbonyl (C=O) groups excluding carboxylic acids is 1. The summed E-state index contributed by atoms with van der Waals surface area (Å²) in [7, 11) is 0. The fourth-order valence-electron chi connectivity index (χ4n) is 1.66. The highest BCUT2D eigenvalue weighted by atomic mass is 79.9. The Morgan fingerprint density at radius 2 is 1.60 bits per heavy atom. The third kappa shape index (κ3) is 5.53. The smallest absolute Gasteiger partial charge is 0.411 e. The summed E-state index contributed by atoms with van der Waals surface area (Å²) in [6.45, 7) is 12.2. The van der Waals surface area contributed by atoms with E-state index in [4.69, 9.17) is 4.74 Å². The molecule has 20 heavy (non-hydrogen) atoms. The number of rotatable bonds is 2. The first-order valence-electron chi connectivity index (χ1n) is 6.74. The van der Waals surface area contributed by atoms with Gasteiger partial charge in [-0.3, -0.25) is 4.90 Å². The van der Waals surface area contributed by atoms with Gasteiger partial charge in [0.15, 0.2) is 0 Å². The minimum atomic E-state index is -0.486. The number of hydrogen-bond donors (Lipinski definition) is 0. The normalized spacial score (nSPS) is 12.2. The van der Waals surface area contributed by atoms with Gasteiger partial charge in [0, 0.05) is 16.6 Å². The molecule has 0 heterocycles. The molecule has 112 valence electrons. The SMILES string of the molecule is CC(C)(C)OC(=O)N(Cc1ccc(Br)cc1)C(C)(C)C. The van der Waals surface area contributed by atoms with Gasteiger partial charge in [-0.25, -0.2) is 4.79 Å². The number of amides is 1. The van der Waals surface area contributed by atoms with Crippen LogP contribution in [0.3, 0.4) is 0 Å². The van der Waals surface area contributed by atoms with Crippen LogP contribution in [0.5, 0.6) is 0 Å². The van der Waals surface area contributed by atoms with Gasteiger partial charge in [0.2, 0.25) is 0 Å². The fourth-order valence-corrected chi connectivity index (χ4v) is 1.93. The minimum absolute atomic E-state index is 0.284. The number of hydrogen-bond acceptors (Lipinski definition) is 2. The third-order valence-corrected chi connectivity index (χ3v) is 3.21. The van der Waals surface area contributed by atoms with E-state index in [0.717, 1.165) is 10.0 Å². The van der Waals surface area contributed by atoms with Gasteiger partial charge in [-0.2, -0.15) is 0 Å². The summed E-state index contributed by atoms with van der Waals surface area (Å²) in [5.41, 5.74) is 0.296. The van der Waals surface area contributed by atoms with Crippen molar-refractivity contribution in [2.75, 3.05) is 0 Å². The second-order valence-electron chi connectivity index (χ2n) is 6.86. The summed E-state index contributed by atoms with van der Waals surface area (Å²) < 4.78 is 6.53. The quantitative estimate of drug-likeness (QED) is 0.758. The second kappa shape index (κ2) is 6.17. The Hall–Kier alpha value is -1.03. The third-order valence-electron chi connectivity index (χ3n) is 2.68. The zero-order chi connectivity index (χ0) is 15.6. The lowest BCUT2D eigenvalue weighted by Crippen LogP contribution is -2.47. The summed E-state index contributed by atoms with van der Waals surface area (Å²) in [4.78, 5) is 14.1. The molecular weight excluding hydrogens is 318 g/mol. The van der Waals surface area contributed by atoms with E-state index in [9.17, 15) is 4.79 Å². The van der Waals surface area contributed by atoms with Crippen molar-refractivity contribution in [3.8, 4) is 0 Å². The second-order valence-corrected chi connectivity index (χ2v) is 7.78. The summed E-state index contributed by atoms with van der Waals surface area (Å²) in [5.74, 6) is 0. The predicted octanol–water partition coefficient (Wildman–Crippen LogP) is 4.98. The molecular formula is C16H24BrNO2. The number of ether oxygens (including phenoxy) is 1. The molecule has 0 aliphatic heterocycles. The van der Waals surface area contributed by atoms with Gasteiger partial charge in [-0.05, 0) is 59.2 Å². The van der Waals surface area contributed by atoms with Crippen molar-refractivity contribution < 1.29 is 9.53 Å². The van der Waals surface area contributed by atoms with Gasteiger partial charge < -0.3 is 4.74 Å². The number of carbonyl (C=O) groups is 1. The average Bonchev–Trinajstić information content (AvgIpc) is 2.24. The molecule has 0 bridgehead atoms. The van der Waals surface area contributed by atoms with Crippen molar-refractivity contribution in [3.63, 3.8) is 0 Å². The highest BCUT2D eigenvalue weighted by Crippen LogP contribution is 2.22. The topological polar surface area (TPSA) is 29.5 Å². The van der Waals surface area contributed by atoms with Gasteiger partial charge in [0.25, 0.3) is 0 Å². The zero-order valence-corrected chi connectivity index (χ0v) is 14.7. The Balaban J connectivity index is 2.91. The zero-order valence-electron chi connectivity index (χ0n) is 13.2. The Morgan fingerprint density at radius 3 is 2.00 bits per heavy atom. The molecule has 0 atom stereocenters. The first-order chi connectivity index (χ1) is 8.99. The van der Waals surface area contributed by atoms with Gasteiger partial charge in [0.05, 0.1) is 0 Å². The van der Waals surface area contributed by atoms with E-state index in [1.165, 1.54) is 0 Å². The molecule has 0 aliphatic carbocycles. The van der Waals surface area contributed by atoms with Gasteiger partial charge in [-0.15, -0.1) is 0 Å². The number of nitrogens with zero attached hydrogens (tertiary/aromatic N) is 1. The largest absolute Gasteiger partial charge is 0.444 e. The van der Waals surface area contributed by atoms with Crippen molar-refractivity contribution in [1.82, 2.24) is 4.90 Å². The van der Waals surface area contributed by atoms with E-state index >= 15 is 0 Å². The van der Waals surface area contributed by atoms with Crippen molar-refractivity contribution in [1.29, 1.82) is 0 Å². The maximum Gasteiger partial charge on any atom is 0.411 e. The molecule has 0 saturated carbocycles. The van der Waals surface area contributed by atoms with Crippen LogP contribution in [0.2, 0.25) is 0 Å². The van der Waals surface area contributed by atoms with E-state index < -0.39 is 5.60 Å². The Morgan fingerprint density at radius 1 is 1.10 bits per heavy atom. The first kappa shape index (κ1) is 17.0. The average molecular weight is 342 g/mol. The van der Waals surface area contributed by atoms with Gasteiger partial charge in [-0.1, -0.05) is 28.1 Å². The van der Waals surface area contributed by atoms with E-state index in [1.807, 2.05) is 65.8 Å². The molecule has 1 aromatic carbocycles. The molecule has 0 unspecified atom stereocenters. The van der Waals surface area contributed by atoms with Crippen LogP contribution in [0.25, 0.3) is 0 Å². The lowest BCUT2D eigenvalue weighted by atomic mass is 10.1. The Bertz CT molecular complexity index is 455. The molecule has 0 saturated heterocycles. The van der Waals surface area contributed by atoms with Gasteiger partial charge in [0.1, 0.15) is 5.60 Å². The number of halogens is 1. The lowest BCUT2D eigenvalue weighted by Gasteiger charge is -2.37. The van der Waals surface area contributed by atoms with Crippen molar-refractivity contribution in [3.05, 3.63) is 34.3 Å². The van der Waals surface area contributed by atoms with Crippen LogP contribution < -0.4 is 0 Å². The first-order valence-corrected chi connectivity index (χ1v) is 7.53. The highest BCUT2D eigenvalue weighted by molar-refractivity contribution is 9.10. The maximum absolute atomic E-state index is 12.4. The molecule has 0 spiro atoms. The van der Waals surface area contributed by atoms with Crippen LogP contribution in [-0.4, -0.2) is 22.1 Å². The summed E-state index contributed by atoms with van der Waals surface area (Å²) in [6.07, 6.45) is -0.284. The molecule has 0 radical (unpaired) electrons. The summed E-state index contributed by atoms with van der Waals surface area (Å²) >= 11 is 3.41. The van der Waals surface area contributed by atoms with E-state index in [1.54, 1.807) is 4.90 Å². The molecule has 0 aliphatic rings. The standard InChI is InChI=1S/C16H24BrNO2/c1-15(2,3)18(14(19)20-16(4,5)6)11-12-7-9-13(17)10-8-12/h7-10H,11H2,1-6H3. The molecule has 3 nitrogen and oxygen atoms in total. The van der Waals surface area contributed by atoms with Gasteiger partial charge >= 0.3 is 6.09 Å². The summed E-state index contributed by atoms with van der Waals surface area (Å²) in [5, 5.41) is 0. The maximum atomic E-state index is 12.4. The number of benzene rings is 1. The highest BCUT2D eigenvalue weighted by Gasteiger charge is 2.30. The Labute approximate surface area is 130 Å². The minimum Gasteiger partial charge on any atom is -0.444 e. The van der Waals surface area contributed by atoms with Crippen molar-refractivity contribution >= 4 is 22.0 Å². The summed E-state index contributed by atoms with van der Waals surface area (Å²) in [6, 6.07) is 7.97. The lowest BCUT2D eigenvalue weighted by molar-refractivity contribution is 0.00372. The Kier molecular flexibility index (Phi) is 5.25. The molecule has 0 fully saturated rings. The monoisotopic (exact) mass is 341 g/mol. The van der Waals surface area contributed by atoms with Crippen LogP contribution in [0.15, 0.2) is 28.7 Å². The van der Waals surface area contributed by atoms with Crippen molar-refractivity contribution in [2.24, 2.45) is 0 Å². The van der Waals surface area contributed by atoms with Crippen LogP contribution in [0.4, 0.5) is 4.79 Å². The molecule has 1 amide bonds. The van der Waals surface area contributed by atoms with E-state index in [0.29, 0.717) is 6.54 Å². The van der Waals surface area contributed by atoms with Crippen LogP contribution in [-0.2, 0) is 11.3 Å². The molecule has 1 aromatic rings. The molecule has 0 N–H and O–H groups in total. The molecule has 1 rings (SSSR count).